The summed E-state index contributed by atoms with van der Waals surface area (Å²) >= 11 is 0. The Morgan fingerprint density at radius 1 is 1.00 bits per heavy atom. The van der Waals surface area contributed by atoms with Crippen molar-refractivity contribution in [1.29, 1.82) is 0 Å². The highest BCUT2D eigenvalue weighted by Crippen LogP contribution is 2.26. The summed E-state index contributed by atoms with van der Waals surface area (Å²) in [6.07, 6.45) is 1.05. The number of fused-ring (bicyclic) bond motifs is 1. The summed E-state index contributed by atoms with van der Waals surface area (Å²) in [6, 6.07) is 17.0. The van der Waals surface area contributed by atoms with Crippen molar-refractivity contribution in [3.8, 4) is 11.1 Å². The number of nitrogens with zero attached hydrogens (tertiary/aromatic N) is 1. The Hall–Kier alpha value is -2.39. The zero-order valence-corrected chi connectivity index (χ0v) is 13.1. The third-order valence-electron chi connectivity index (χ3n) is 3.99. The van der Waals surface area contributed by atoms with E-state index in [0.717, 1.165) is 29.4 Å². The van der Waals surface area contributed by atoms with Gasteiger partial charge < -0.3 is 11.1 Å². The molecule has 3 heteroatoms. The molecule has 0 atom stereocenters. The number of nitrogen functional groups attached to an aromatic ring is 1. The topological polar surface area (TPSA) is 50.9 Å². The summed E-state index contributed by atoms with van der Waals surface area (Å²) in [5.74, 6) is 0.574. The molecule has 0 bridgehead atoms. The van der Waals surface area contributed by atoms with Crippen LogP contribution < -0.4 is 11.1 Å². The molecule has 3 nitrogen and oxygen atoms in total. The van der Waals surface area contributed by atoms with E-state index in [1.165, 1.54) is 16.7 Å². The summed E-state index contributed by atoms with van der Waals surface area (Å²) < 4.78 is 0. The van der Waals surface area contributed by atoms with Crippen LogP contribution >= 0.6 is 0 Å². The molecule has 3 aromatic rings. The number of hydrogen-bond acceptors (Lipinski definition) is 3. The van der Waals surface area contributed by atoms with Gasteiger partial charge in [0.2, 0.25) is 0 Å². The van der Waals surface area contributed by atoms with Crippen LogP contribution in [0.3, 0.4) is 0 Å². The average molecular weight is 291 g/mol. The predicted molar refractivity (Wildman–Crippen MR) is 94.0 cm³/mol. The number of aryl methyl sites for hydroxylation is 1. The summed E-state index contributed by atoms with van der Waals surface area (Å²) in [4.78, 5) is 4.45. The van der Waals surface area contributed by atoms with Gasteiger partial charge in [-0.2, -0.15) is 0 Å². The molecule has 112 valence electrons. The standard InChI is InChI=1S/C19H21N3/c1-13-11-19(20)22-18-12-16(7-8-17(13)18)15-5-3-14(4-6-15)9-10-21-2/h3-8,11-12,21H,9-10H2,1-2H3,(H2,20,22). The van der Waals surface area contributed by atoms with Crippen LogP contribution in [0.4, 0.5) is 5.82 Å². The number of nitrogens with one attached hydrogen (secondary N) is 1. The number of rotatable bonds is 4. The third kappa shape index (κ3) is 2.95. The van der Waals surface area contributed by atoms with E-state index in [-0.39, 0.29) is 0 Å². The van der Waals surface area contributed by atoms with Gasteiger partial charge in [-0.1, -0.05) is 36.4 Å². The second-order valence-corrected chi connectivity index (χ2v) is 5.65. The van der Waals surface area contributed by atoms with E-state index in [1.807, 2.05) is 13.1 Å². The Morgan fingerprint density at radius 3 is 2.45 bits per heavy atom. The summed E-state index contributed by atoms with van der Waals surface area (Å²) in [7, 11) is 1.98. The first kappa shape index (κ1) is 14.5. The van der Waals surface area contributed by atoms with Crippen molar-refractivity contribution >= 4 is 16.7 Å². The summed E-state index contributed by atoms with van der Waals surface area (Å²) in [5, 5.41) is 4.33. The molecular formula is C19H21N3. The van der Waals surface area contributed by atoms with E-state index in [2.05, 4.69) is 59.7 Å². The maximum Gasteiger partial charge on any atom is 0.124 e. The molecule has 0 aliphatic heterocycles. The van der Waals surface area contributed by atoms with Crippen LogP contribution in [-0.2, 0) is 6.42 Å². The third-order valence-corrected chi connectivity index (χ3v) is 3.99. The van der Waals surface area contributed by atoms with Crippen molar-refractivity contribution in [2.24, 2.45) is 0 Å². The number of anilines is 1. The Bertz CT molecular complexity index is 792. The largest absolute Gasteiger partial charge is 0.384 e. The van der Waals surface area contributed by atoms with Crippen molar-refractivity contribution < 1.29 is 0 Å². The lowest BCUT2D eigenvalue weighted by atomic mass is 10.00. The molecule has 1 heterocycles. The van der Waals surface area contributed by atoms with Crippen LogP contribution in [0.2, 0.25) is 0 Å². The van der Waals surface area contributed by atoms with Crippen molar-refractivity contribution in [1.82, 2.24) is 10.3 Å². The molecule has 0 radical (unpaired) electrons. The smallest absolute Gasteiger partial charge is 0.124 e. The van der Waals surface area contributed by atoms with Crippen molar-refractivity contribution in [2.75, 3.05) is 19.3 Å². The monoisotopic (exact) mass is 291 g/mol. The predicted octanol–water partition coefficient (Wildman–Crippen LogP) is 3.55. The molecule has 3 N–H and O–H groups in total. The Kier molecular flexibility index (Phi) is 4.07. The fraction of sp³-hybridized carbons (Fsp3) is 0.211. The van der Waals surface area contributed by atoms with Gasteiger partial charge in [-0.15, -0.1) is 0 Å². The lowest BCUT2D eigenvalue weighted by molar-refractivity contribution is 0.792. The molecule has 3 rings (SSSR count). The molecule has 0 fully saturated rings. The second-order valence-electron chi connectivity index (χ2n) is 5.65. The van der Waals surface area contributed by atoms with E-state index in [0.29, 0.717) is 5.82 Å². The minimum absolute atomic E-state index is 0.574. The highest BCUT2D eigenvalue weighted by atomic mass is 14.8. The molecule has 2 aromatic carbocycles. The SMILES string of the molecule is CNCCc1ccc(-c2ccc3c(C)cc(N)nc3c2)cc1. The number of aromatic nitrogens is 1. The fourth-order valence-electron chi connectivity index (χ4n) is 2.74. The molecule has 0 unspecified atom stereocenters. The lowest BCUT2D eigenvalue weighted by Crippen LogP contribution is -2.10. The van der Waals surface area contributed by atoms with Crippen LogP contribution in [0.5, 0.6) is 0 Å². The van der Waals surface area contributed by atoms with Gasteiger partial charge >= 0.3 is 0 Å². The summed E-state index contributed by atoms with van der Waals surface area (Å²) in [5.41, 5.74) is 11.7. The Morgan fingerprint density at radius 2 is 1.73 bits per heavy atom. The first-order valence-electron chi connectivity index (χ1n) is 7.58. The first-order chi connectivity index (χ1) is 10.7. The average Bonchev–Trinajstić information content (AvgIpc) is 2.52. The van der Waals surface area contributed by atoms with E-state index >= 15 is 0 Å². The minimum Gasteiger partial charge on any atom is -0.384 e. The fourth-order valence-corrected chi connectivity index (χ4v) is 2.74. The van der Waals surface area contributed by atoms with Gasteiger partial charge in [0, 0.05) is 5.39 Å². The van der Waals surface area contributed by atoms with Gasteiger partial charge in [-0.3, -0.25) is 0 Å². The van der Waals surface area contributed by atoms with E-state index < -0.39 is 0 Å². The van der Waals surface area contributed by atoms with Crippen LogP contribution in [0, 0.1) is 6.92 Å². The molecule has 1 aromatic heterocycles. The molecular weight excluding hydrogens is 270 g/mol. The van der Waals surface area contributed by atoms with Crippen LogP contribution in [0.15, 0.2) is 48.5 Å². The van der Waals surface area contributed by atoms with Gasteiger partial charge in [0.15, 0.2) is 0 Å². The van der Waals surface area contributed by atoms with Crippen LogP contribution in [0.25, 0.3) is 22.0 Å². The number of hydrogen-bond donors (Lipinski definition) is 2. The lowest BCUT2D eigenvalue weighted by Gasteiger charge is -2.08. The van der Waals surface area contributed by atoms with Gasteiger partial charge in [-0.25, -0.2) is 4.98 Å². The number of pyridine rings is 1. The van der Waals surface area contributed by atoms with Gasteiger partial charge in [0.25, 0.3) is 0 Å². The van der Waals surface area contributed by atoms with Crippen molar-refractivity contribution in [2.45, 2.75) is 13.3 Å². The number of nitrogens with two attached hydrogens (primary N) is 1. The molecule has 0 saturated carbocycles. The highest BCUT2D eigenvalue weighted by Gasteiger charge is 2.04. The maximum atomic E-state index is 5.86. The van der Waals surface area contributed by atoms with Gasteiger partial charge in [-0.05, 0) is 61.3 Å². The van der Waals surface area contributed by atoms with Gasteiger partial charge in [0.1, 0.15) is 5.82 Å². The summed E-state index contributed by atoms with van der Waals surface area (Å²) in [6.45, 7) is 3.06. The van der Waals surface area contributed by atoms with E-state index in [1.54, 1.807) is 0 Å². The van der Waals surface area contributed by atoms with Crippen molar-refractivity contribution in [3.63, 3.8) is 0 Å². The molecule has 0 aliphatic rings. The first-order valence-corrected chi connectivity index (χ1v) is 7.58. The molecule has 0 amide bonds. The zero-order valence-electron chi connectivity index (χ0n) is 13.1. The molecule has 0 aliphatic carbocycles. The van der Waals surface area contributed by atoms with Gasteiger partial charge in [0.05, 0.1) is 5.52 Å². The highest BCUT2D eigenvalue weighted by molar-refractivity contribution is 5.87. The Labute approximate surface area is 131 Å². The van der Waals surface area contributed by atoms with Crippen LogP contribution in [0.1, 0.15) is 11.1 Å². The number of likely N-dealkylation sites (N-methyl/N-ethyl adjacent to an activating group) is 1. The number of benzene rings is 2. The zero-order chi connectivity index (χ0) is 15.5. The minimum atomic E-state index is 0.574. The maximum absolute atomic E-state index is 5.86. The quantitative estimate of drug-likeness (QED) is 0.773. The molecule has 0 saturated heterocycles. The normalized spacial score (nSPS) is 11.0. The Balaban J connectivity index is 1.96. The van der Waals surface area contributed by atoms with Crippen LogP contribution in [-0.4, -0.2) is 18.6 Å². The second kappa shape index (κ2) is 6.16. The van der Waals surface area contributed by atoms with E-state index in [9.17, 15) is 0 Å². The van der Waals surface area contributed by atoms with E-state index in [4.69, 9.17) is 5.73 Å². The van der Waals surface area contributed by atoms with Crippen molar-refractivity contribution in [3.05, 3.63) is 59.7 Å². The molecule has 0 spiro atoms. The molecule has 22 heavy (non-hydrogen) atoms.